The second-order valence-corrected chi connectivity index (χ2v) is 11.5. The van der Waals surface area contributed by atoms with Crippen molar-refractivity contribution in [2.75, 3.05) is 0 Å². The molecule has 2 aromatic heterocycles. The molecule has 4 nitrogen and oxygen atoms in total. The van der Waals surface area contributed by atoms with Gasteiger partial charge in [0.05, 0.1) is 34.2 Å². The minimum absolute atomic E-state index is 0.614. The van der Waals surface area contributed by atoms with Crippen LogP contribution in [0, 0.1) is 0 Å². The van der Waals surface area contributed by atoms with Crippen molar-refractivity contribution in [1.82, 2.24) is 19.6 Å². The van der Waals surface area contributed by atoms with Crippen molar-refractivity contribution in [1.29, 1.82) is 0 Å². The summed E-state index contributed by atoms with van der Waals surface area (Å²) in [5.41, 5.74) is 12.8. The van der Waals surface area contributed by atoms with E-state index in [4.69, 9.17) is 10.2 Å². The van der Waals surface area contributed by atoms with Crippen molar-refractivity contribution in [2.45, 2.75) is 6.42 Å². The van der Waals surface area contributed by atoms with Crippen LogP contribution in [0.3, 0.4) is 0 Å². The summed E-state index contributed by atoms with van der Waals surface area (Å²) in [5.74, 6) is 0. The van der Waals surface area contributed by atoms with Gasteiger partial charge >= 0.3 is 0 Å². The molecule has 0 N–H and O–H groups in total. The zero-order chi connectivity index (χ0) is 31.4. The quantitative estimate of drug-likeness (QED) is 0.173. The molecule has 0 bridgehead atoms. The van der Waals surface area contributed by atoms with Gasteiger partial charge in [0.25, 0.3) is 0 Å². The molecule has 4 heteroatoms. The minimum Gasteiger partial charge on any atom is -0.232 e. The van der Waals surface area contributed by atoms with Gasteiger partial charge in [-0.1, -0.05) is 158 Å². The molecule has 0 unspecified atom stereocenters. The lowest BCUT2D eigenvalue weighted by molar-refractivity contribution is 0.891. The highest BCUT2D eigenvalue weighted by molar-refractivity contribution is 5.81. The van der Waals surface area contributed by atoms with E-state index < -0.39 is 0 Å². The number of benzene rings is 6. The Hall–Kier alpha value is -6.26. The second kappa shape index (κ2) is 12.6. The fraction of sp³-hybridized carbons (Fsp3) is 0.0233. The second-order valence-electron chi connectivity index (χ2n) is 11.5. The highest BCUT2D eigenvalue weighted by atomic mass is 15.3. The molecule has 0 aliphatic rings. The summed E-state index contributed by atoms with van der Waals surface area (Å²) < 4.78 is 4.22. The first kappa shape index (κ1) is 28.2. The van der Waals surface area contributed by atoms with Crippen molar-refractivity contribution in [3.63, 3.8) is 0 Å². The Morgan fingerprint density at radius 3 is 0.915 bits per heavy atom. The van der Waals surface area contributed by atoms with Crippen LogP contribution in [0.15, 0.2) is 182 Å². The highest BCUT2D eigenvalue weighted by Gasteiger charge is 2.27. The van der Waals surface area contributed by atoms with E-state index >= 15 is 0 Å². The first-order valence-electron chi connectivity index (χ1n) is 15.9. The van der Waals surface area contributed by atoms with Gasteiger partial charge in [-0.05, 0) is 24.3 Å². The van der Waals surface area contributed by atoms with Crippen LogP contribution in [0.4, 0.5) is 0 Å². The first-order valence-corrected chi connectivity index (χ1v) is 15.9. The summed E-state index contributed by atoms with van der Waals surface area (Å²) in [6.45, 7) is 0. The van der Waals surface area contributed by atoms with Crippen molar-refractivity contribution >= 4 is 0 Å². The van der Waals surface area contributed by atoms with Crippen molar-refractivity contribution in [3.05, 3.63) is 193 Å². The Morgan fingerprint density at radius 2 is 0.596 bits per heavy atom. The number of aromatic nitrogens is 4. The maximum absolute atomic E-state index is 5.38. The lowest BCUT2D eigenvalue weighted by Gasteiger charge is -2.13. The van der Waals surface area contributed by atoms with Crippen LogP contribution >= 0.6 is 0 Å². The fourth-order valence-corrected chi connectivity index (χ4v) is 6.37. The average molecular weight is 605 g/mol. The van der Waals surface area contributed by atoms with Gasteiger partial charge in [-0.2, -0.15) is 10.2 Å². The number of rotatable bonds is 8. The highest BCUT2D eigenvalue weighted by Crippen LogP contribution is 2.41. The third kappa shape index (κ3) is 5.47. The lowest BCUT2D eigenvalue weighted by atomic mass is 9.92. The molecule has 224 valence electrons. The largest absolute Gasteiger partial charge is 0.232 e. The Kier molecular flexibility index (Phi) is 7.58. The Labute approximate surface area is 274 Å². The number of hydrogen-bond acceptors (Lipinski definition) is 2. The van der Waals surface area contributed by atoms with Crippen LogP contribution in [0.1, 0.15) is 11.1 Å². The SMILES string of the molecule is c1ccc(-c2nn(-c3ccccc3)c(-c3ccccc3)c2Cc2c(-c3ccccc3)nn(-c3ccccc3)c2-c2ccccc2)cc1. The summed E-state index contributed by atoms with van der Waals surface area (Å²) >= 11 is 0. The van der Waals surface area contributed by atoms with E-state index in [0.717, 1.165) is 67.5 Å². The molecule has 8 aromatic rings. The van der Waals surface area contributed by atoms with Crippen LogP contribution in [0.5, 0.6) is 0 Å². The van der Waals surface area contributed by atoms with E-state index in [9.17, 15) is 0 Å². The Balaban J connectivity index is 1.46. The summed E-state index contributed by atoms with van der Waals surface area (Å²) in [7, 11) is 0. The van der Waals surface area contributed by atoms with Crippen LogP contribution in [-0.4, -0.2) is 19.6 Å². The summed E-state index contributed by atoms with van der Waals surface area (Å²) in [6.07, 6.45) is 0.614. The van der Waals surface area contributed by atoms with E-state index in [-0.39, 0.29) is 0 Å². The molecule has 8 rings (SSSR count). The number of nitrogens with zero attached hydrogens (tertiary/aromatic N) is 4. The topological polar surface area (TPSA) is 35.6 Å². The number of hydrogen-bond donors (Lipinski definition) is 0. The molecule has 0 aliphatic heterocycles. The van der Waals surface area contributed by atoms with Crippen LogP contribution in [0.25, 0.3) is 56.4 Å². The molecule has 0 radical (unpaired) electrons. The molecule has 0 aliphatic carbocycles. The predicted molar refractivity (Wildman–Crippen MR) is 192 cm³/mol. The van der Waals surface area contributed by atoms with Crippen molar-refractivity contribution in [2.24, 2.45) is 0 Å². The molecule has 0 spiro atoms. The molecule has 0 atom stereocenters. The zero-order valence-corrected chi connectivity index (χ0v) is 25.8. The molecule has 47 heavy (non-hydrogen) atoms. The van der Waals surface area contributed by atoms with Gasteiger partial charge in [0, 0.05) is 39.8 Å². The van der Waals surface area contributed by atoms with E-state index in [1.54, 1.807) is 0 Å². The van der Waals surface area contributed by atoms with Crippen LogP contribution < -0.4 is 0 Å². The molecule has 0 saturated heterocycles. The van der Waals surface area contributed by atoms with Crippen LogP contribution in [-0.2, 0) is 6.42 Å². The monoisotopic (exact) mass is 604 g/mol. The molecule has 0 saturated carbocycles. The molecule has 0 amide bonds. The fourth-order valence-electron chi connectivity index (χ4n) is 6.37. The van der Waals surface area contributed by atoms with Crippen LogP contribution in [0.2, 0.25) is 0 Å². The molecule has 2 heterocycles. The zero-order valence-electron chi connectivity index (χ0n) is 25.8. The maximum atomic E-state index is 5.38. The third-order valence-corrected chi connectivity index (χ3v) is 8.51. The number of para-hydroxylation sites is 2. The standard InChI is InChI=1S/C43H32N4/c1-7-19-32(20-8-1)40-38(42(34-23-11-3-12-24-34)46(44-40)36-27-15-5-16-28-36)31-39-41(33-21-9-2-10-22-33)45-47(37-29-17-6-18-30-37)43(39)35-25-13-4-14-26-35/h1-30H,31H2. The smallest absolute Gasteiger partial charge is 0.0969 e. The van der Waals surface area contributed by atoms with Gasteiger partial charge in [0.15, 0.2) is 0 Å². The van der Waals surface area contributed by atoms with E-state index in [1.165, 1.54) is 0 Å². The summed E-state index contributed by atoms with van der Waals surface area (Å²) in [5, 5.41) is 10.8. The minimum atomic E-state index is 0.614. The molecule has 6 aromatic carbocycles. The van der Waals surface area contributed by atoms with Crippen molar-refractivity contribution in [3.8, 4) is 56.4 Å². The first-order chi connectivity index (χ1) is 23.3. The summed E-state index contributed by atoms with van der Waals surface area (Å²) in [6, 6.07) is 63.1. The summed E-state index contributed by atoms with van der Waals surface area (Å²) in [4.78, 5) is 0. The van der Waals surface area contributed by atoms with Gasteiger partial charge in [-0.25, -0.2) is 9.36 Å². The lowest BCUT2D eigenvalue weighted by Crippen LogP contribution is -2.02. The van der Waals surface area contributed by atoms with E-state index in [2.05, 4.69) is 179 Å². The van der Waals surface area contributed by atoms with E-state index in [1.807, 2.05) is 12.1 Å². The van der Waals surface area contributed by atoms with Gasteiger partial charge in [-0.15, -0.1) is 0 Å². The van der Waals surface area contributed by atoms with Crippen molar-refractivity contribution < 1.29 is 0 Å². The average Bonchev–Trinajstić information content (AvgIpc) is 3.73. The normalized spacial score (nSPS) is 11.1. The third-order valence-electron chi connectivity index (χ3n) is 8.51. The Morgan fingerprint density at radius 1 is 0.319 bits per heavy atom. The Bertz CT molecular complexity index is 2060. The van der Waals surface area contributed by atoms with Gasteiger partial charge in [0.2, 0.25) is 0 Å². The molecular weight excluding hydrogens is 573 g/mol. The predicted octanol–water partition coefficient (Wildman–Crippen LogP) is 10.3. The molecular formula is C43H32N4. The molecule has 0 fully saturated rings. The van der Waals surface area contributed by atoms with Gasteiger partial charge < -0.3 is 0 Å². The van der Waals surface area contributed by atoms with E-state index in [0.29, 0.717) is 6.42 Å². The maximum Gasteiger partial charge on any atom is 0.0969 e. The van der Waals surface area contributed by atoms with Gasteiger partial charge in [-0.3, -0.25) is 0 Å². The van der Waals surface area contributed by atoms with Gasteiger partial charge in [0.1, 0.15) is 0 Å².